The maximum atomic E-state index is 11.0. The lowest BCUT2D eigenvalue weighted by molar-refractivity contribution is -0.134. The zero-order valence-electron chi connectivity index (χ0n) is 13.5. The van der Waals surface area contributed by atoms with Gasteiger partial charge in [0.15, 0.2) is 0 Å². The van der Waals surface area contributed by atoms with E-state index in [9.17, 15) is 4.79 Å². The molecule has 114 valence electrons. The normalized spacial score (nSPS) is 13.7. The lowest BCUT2D eigenvalue weighted by atomic mass is 10.1. The van der Waals surface area contributed by atoms with Gasteiger partial charge in [-0.3, -0.25) is 0 Å². The Morgan fingerprint density at radius 1 is 1.24 bits per heavy atom. The molecule has 0 fully saturated rings. The number of hydrogen-bond donors (Lipinski definition) is 0. The first-order valence-electron chi connectivity index (χ1n) is 7.40. The van der Waals surface area contributed by atoms with Gasteiger partial charge in [0, 0.05) is 6.08 Å². The van der Waals surface area contributed by atoms with E-state index < -0.39 is 8.07 Å². The van der Waals surface area contributed by atoms with Gasteiger partial charge in [-0.15, -0.1) is 0 Å². The second-order valence-electron chi connectivity index (χ2n) is 6.20. The van der Waals surface area contributed by atoms with E-state index in [4.69, 9.17) is 0 Å². The molecule has 3 heteroatoms. The van der Waals surface area contributed by atoms with E-state index in [1.165, 1.54) is 24.8 Å². The highest BCUT2D eigenvalue weighted by Crippen LogP contribution is 2.17. The number of ether oxygens (including phenoxy) is 1. The third-order valence-corrected chi connectivity index (χ3v) is 6.08. The summed E-state index contributed by atoms with van der Waals surface area (Å²) in [6.07, 6.45) is 7.79. The summed E-state index contributed by atoms with van der Waals surface area (Å²) in [6.45, 7) is 6.90. The van der Waals surface area contributed by atoms with Gasteiger partial charge < -0.3 is 4.74 Å². The molecule has 1 aromatic rings. The molecule has 0 N–H and O–H groups in total. The SMILES string of the molecule is COC(=O)/C=C/C(C)/C=C\C[Si](C)(C)Cc1ccccc1. The highest BCUT2D eigenvalue weighted by Gasteiger charge is 2.19. The van der Waals surface area contributed by atoms with Crippen LogP contribution in [0.5, 0.6) is 0 Å². The fourth-order valence-electron chi connectivity index (χ4n) is 2.18. The van der Waals surface area contributed by atoms with Crippen LogP contribution < -0.4 is 0 Å². The largest absolute Gasteiger partial charge is 0.466 e. The van der Waals surface area contributed by atoms with Gasteiger partial charge in [0.05, 0.1) is 15.2 Å². The van der Waals surface area contributed by atoms with Crippen molar-refractivity contribution in [3.05, 3.63) is 60.2 Å². The molecule has 1 atom stereocenters. The van der Waals surface area contributed by atoms with E-state index in [1.807, 2.05) is 6.08 Å². The Hall–Kier alpha value is -1.61. The van der Waals surface area contributed by atoms with Gasteiger partial charge in [-0.1, -0.05) is 74.1 Å². The smallest absolute Gasteiger partial charge is 0.330 e. The van der Waals surface area contributed by atoms with Gasteiger partial charge in [-0.25, -0.2) is 4.79 Å². The highest BCUT2D eigenvalue weighted by atomic mass is 28.3. The van der Waals surface area contributed by atoms with Gasteiger partial charge in [-0.05, 0) is 18.0 Å². The van der Waals surface area contributed by atoms with E-state index in [0.717, 1.165) is 6.04 Å². The summed E-state index contributed by atoms with van der Waals surface area (Å²) >= 11 is 0. The quantitative estimate of drug-likeness (QED) is 0.323. The van der Waals surface area contributed by atoms with Crippen LogP contribution in [-0.4, -0.2) is 21.2 Å². The summed E-state index contributed by atoms with van der Waals surface area (Å²) in [5.41, 5.74) is 1.43. The molecule has 0 aromatic heterocycles. The zero-order chi connectivity index (χ0) is 15.7. The van der Waals surface area contributed by atoms with Crippen molar-refractivity contribution in [3.63, 3.8) is 0 Å². The number of benzene rings is 1. The second kappa shape index (κ2) is 8.62. The Kier molecular flexibility index (Phi) is 7.16. The molecular weight excluding hydrogens is 276 g/mol. The van der Waals surface area contributed by atoms with Crippen LogP contribution in [0.25, 0.3) is 0 Å². The molecule has 0 bridgehead atoms. The molecule has 1 unspecified atom stereocenters. The van der Waals surface area contributed by atoms with Crippen molar-refractivity contribution in [1.82, 2.24) is 0 Å². The predicted octanol–water partition coefficient (Wildman–Crippen LogP) is 4.40. The van der Waals surface area contributed by atoms with Crippen molar-refractivity contribution in [2.45, 2.75) is 32.1 Å². The number of methoxy groups -OCH3 is 1. The predicted molar refractivity (Wildman–Crippen MR) is 91.9 cm³/mol. The molecular formula is C18H26O2Si. The van der Waals surface area contributed by atoms with Crippen molar-refractivity contribution < 1.29 is 9.53 Å². The minimum absolute atomic E-state index is 0.255. The minimum Gasteiger partial charge on any atom is -0.466 e. The van der Waals surface area contributed by atoms with E-state index in [1.54, 1.807) is 0 Å². The number of carbonyl (C=O) groups excluding carboxylic acids is 1. The van der Waals surface area contributed by atoms with Crippen LogP contribution in [-0.2, 0) is 15.6 Å². The first kappa shape index (κ1) is 17.4. The summed E-state index contributed by atoms with van der Waals surface area (Å²) in [5.74, 6) is -0.0420. The standard InChI is InChI=1S/C18H26O2Si/c1-16(12-13-18(19)20-2)9-8-14-21(3,4)15-17-10-6-5-7-11-17/h5-13,16H,14-15H2,1-4H3/b9-8-,13-12+. The van der Waals surface area contributed by atoms with Crippen molar-refractivity contribution in [2.75, 3.05) is 7.11 Å². The lowest BCUT2D eigenvalue weighted by Gasteiger charge is -2.20. The van der Waals surface area contributed by atoms with Gasteiger partial charge in [0.1, 0.15) is 0 Å². The first-order chi connectivity index (χ1) is 9.93. The molecule has 0 spiro atoms. The topological polar surface area (TPSA) is 26.3 Å². The lowest BCUT2D eigenvalue weighted by Crippen LogP contribution is -2.28. The Morgan fingerprint density at radius 2 is 1.90 bits per heavy atom. The van der Waals surface area contributed by atoms with E-state index >= 15 is 0 Å². The average Bonchev–Trinajstić information content (AvgIpc) is 2.45. The van der Waals surface area contributed by atoms with Gasteiger partial charge in [-0.2, -0.15) is 0 Å². The molecule has 0 aliphatic carbocycles. The Balaban J connectivity index is 2.47. The number of rotatable bonds is 7. The van der Waals surface area contributed by atoms with Crippen molar-refractivity contribution >= 4 is 14.0 Å². The van der Waals surface area contributed by atoms with Crippen LogP contribution in [0.2, 0.25) is 19.1 Å². The van der Waals surface area contributed by atoms with Gasteiger partial charge in [0.2, 0.25) is 0 Å². The van der Waals surface area contributed by atoms with Crippen LogP contribution in [0, 0.1) is 5.92 Å². The number of allylic oxidation sites excluding steroid dienone is 3. The molecule has 0 heterocycles. The fraction of sp³-hybridized carbons (Fsp3) is 0.389. The minimum atomic E-state index is -1.27. The van der Waals surface area contributed by atoms with Crippen molar-refractivity contribution in [1.29, 1.82) is 0 Å². The van der Waals surface area contributed by atoms with Crippen LogP contribution in [0.1, 0.15) is 12.5 Å². The summed E-state index contributed by atoms with van der Waals surface area (Å²) in [6, 6.07) is 13.0. The van der Waals surface area contributed by atoms with Crippen LogP contribution in [0.15, 0.2) is 54.6 Å². The number of carbonyl (C=O) groups is 1. The average molecular weight is 302 g/mol. The molecule has 1 rings (SSSR count). The van der Waals surface area contributed by atoms with Crippen molar-refractivity contribution in [3.8, 4) is 0 Å². The van der Waals surface area contributed by atoms with Gasteiger partial charge >= 0.3 is 5.97 Å². The van der Waals surface area contributed by atoms with Crippen molar-refractivity contribution in [2.24, 2.45) is 5.92 Å². The molecule has 0 saturated carbocycles. The second-order valence-corrected chi connectivity index (χ2v) is 11.3. The first-order valence-corrected chi connectivity index (χ1v) is 10.8. The zero-order valence-corrected chi connectivity index (χ0v) is 14.5. The number of hydrogen-bond acceptors (Lipinski definition) is 2. The third kappa shape index (κ3) is 7.66. The van der Waals surface area contributed by atoms with E-state index in [2.05, 4.69) is 67.2 Å². The maximum Gasteiger partial charge on any atom is 0.330 e. The third-order valence-electron chi connectivity index (χ3n) is 3.37. The maximum absolute atomic E-state index is 11.0. The van der Waals surface area contributed by atoms with Gasteiger partial charge in [0.25, 0.3) is 0 Å². The molecule has 0 aliphatic heterocycles. The molecule has 0 aliphatic rings. The molecule has 0 radical (unpaired) electrons. The molecule has 0 saturated heterocycles. The molecule has 2 nitrogen and oxygen atoms in total. The summed E-state index contributed by atoms with van der Waals surface area (Å²) in [5, 5.41) is 0. The Labute approximate surface area is 129 Å². The van der Waals surface area contributed by atoms with E-state index in [-0.39, 0.29) is 11.9 Å². The summed E-state index contributed by atoms with van der Waals surface area (Å²) in [4.78, 5) is 11.0. The van der Waals surface area contributed by atoms with Crippen LogP contribution in [0.3, 0.4) is 0 Å². The van der Waals surface area contributed by atoms with Crippen LogP contribution in [0.4, 0.5) is 0 Å². The Morgan fingerprint density at radius 3 is 2.52 bits per heavy atom. The fourth-order valence-corrected chi connectivity index (χ4v) is 4.44. The highest BCUT2D eigenvalue weighted by molar-refractivity contribution is 6.77. The summed E-state index contributed by atoms with van der Waals surface area (Å²) in [7, 11) is 0.129. The molecule has 1 aromatic carbocycles. The summed E-state index contributed by atoms with van der Waals surface area (Å²) < 4.78 is 4.58. The van der Waals surface area contributed by atoms with E-state index in [0.29, 0.717) is 0 Å². The monoisotopic (exact) mass is 302 g/mol. The molecule has 0 amide bonds. The molecule has 21 heavy (non-hydrogen) atoms. The number of esters is 1. The Bertz CT molecular complexity index is 489. The van der Waals surface area contributed by atoms with Crippen LogP contribution >= 0.6 is 0 Å².